The second-order valence-electron chi connectivity index (χ2n) is 6.39. The van der Waals surface area contributed by atoms with Crippen LogP contribution >= 0.6 is 24.0 Å². The zero-order chi connectivity index (χ0) is 15.9. The zero-order valence-corrected chi connectivity index (χ0v) is 16.9. The van der Waals surface area contributed by atoms with Crippen molar-refractivity contribution in [3.63, 3.8) is 0 Å². The van der Waals surface area contributed by atoms with Crippen LogP contribution in [0.4, 0.5) is 0 Å². The number of hydrogen-bond acceptors (Lipinski definition) is 3. The lowest BCUT2D eigenvalue weighted by Gasteiger charge is -2.20. The molecule has 3 rings (SSSR count). The van der Waals surface area contributed by atoms with Gasteiger partial charge in [0.2, 0.25) is 5.88 Å². The topological polar surface area (TPSA) is 49.8 Å². The number of pyridine rings is 1. The molecule has 0 radical (unpaired) electrons. The summed E-state index contributed by atoms with van der Waals surface area (Å²) in [5.74, 6) is 1.77. The van der Waals surface area contributed by atoms with Gasteiger partial charge in [-0.05, 0) is 51.0 Å². The van der Waals surface area contributed by atoms with E-state index in [1.54, 1.807) is 0 Å². The number of rotatable bonds is 5. The Labute approximate surface area is 162 Å². The Bertz CT molecular complexity index is 508. The van der Waals surface area contributed by atoms with Gasteiger partial charge in [0.05, 0.1) is 6.54 Å². The van der Waals surface area contributed by atoms with Crippen LogP contribution in [0.15, 0.2) is 23.3 Å². The van der Waals surface area contributed by atoms with E-state index in [1.807, 2.05) is 12.3 Å². The maximum atomic E-state index is 5.91. The molecule has 1 N–H and O–H groups in total. The van der Waals surface area contributed by atoms with Crippen molar-refractivity contribution in [2.24, 2.45) is 4.99 Å². The van der Waals surface area contributed by atoms with E-state index in [1.165, 1.54) is 25.7 Å². The molecule has 0 aromatic carbocycles. The number of aromatic nitrogens is 1. The molecule has 1 aromatic heterocycles. The van der Waals surface area contributed by atoms with E-state index in [-0.39, 0.29) is 24.0 Å². The predicted molar refractivity (Wildman–Crippen MR) is 108 cm³/mol. The Morgan fingerprint density at radius 3 is 2.62 bits per heavy atom. The first-order valence-electron chi connectivity index (χ1n) is 9.00. The Hall–Kier alpha value is -1.05. The lowest BCUT2D eigenvalue weighted by atomic mass is 10.3. The van der Waals surface area contributed by atoms with Crippen molar-refractivity contribution in [1.29, 1.82) is 0 Å². The van der Waals surface area contributed by atoms with E-state index in [4.69, 9.17) is 9.73 Å². The third-order valence-corrected chi connectivity index (χ3v) is 4.54. The normalized spacial score (nSPS) is 18.5. The predicted octanol–water partition coefficient (Wildman–Crippen LogP) is 3.58. The highest BCUT2D eigenvalue weighted by Gasteiger charge is 2.17. The highest BCUT2D eigenvalue weighted by atomic mass is 127. The number of halogens is 1. The van der Waals surface area contributed by atoms with Gasteiger partial charge in [0.15, 0.2) is 5.96 Å². The van der Waals surface area contributed by atoms with Crippen molar-refractivity contribution in [2.75, 3.05) is 19.6 Å². The zero-order valence-electron chi connectivity index (χ0n) is 14.5. The Morgan fingerprint density at radius 1 is 1.25 bits per heavy atom. The standard InChI is InChI=1S/C18H28N4O.HI/c1-2-19-18(22-11-5-6-12-22)21-14-15-9-10-17(20-13-15)23-16-7-3-4-8-16;/h9-10,13,16H,2-8,11-12,14H2,1H3,(H,19,21);1H. The van der Waals surface area contributed by atoms with Crippen molar-refractivity contribution in [1.82, 2.24) is 15.2 Å². The minimum Gasteiger partial charge on any atom is -0.474 e. The van der Waals surface area contributed by atoms with Gasteiger partial charge in [0, 0.05) is 31.9 Å². The summed E-state index contributed by atoms with van der Waals surface area (Å²) in [7, 11) is 0. The summed E-state index contributed by atoms with van der Waals surface area (Å²) in [6.45, 7) is 5.90. The fourth-order valence-corrected chi connectivity index (χ4v) is 3.27. The lowest BCUT2D eigenvalue weighted by molar-refractivity contribution is 0.201. The molecule has 2 heterocycles. The Balaban J connectivity index is 0.00000208. The number of nitrogens with one attached hydrogen (secondary N) is 1. The van der Waals surface area contributed by atoms with Crippen LogP contribution in [0.25, 0.3) is 0 Å². The molecule has 1 aliphatic heterocycles. The lowest BCUT2D eigenvalue weighted by Crippen LogP contribution is -2.39. The van der Waals surface area contributed by atoms with Gasteiger partial charge in [-0.2, -0.15) is 0 Å². The van der Waals surface area contributed by atoms with Gasteiger partial charge in [0.1, 0.15) is 6.10 Å². The van der Waals surface area contributed by atoms with Gasteiger partial charge in [0.25, 0.3) is 0 Å². The Morgan fingerprint density at radius 2 is 2.00 bits per heavy atom. The Kier molecular flexibility index (Phi) is 8.08. The average Bonchev–Trinajstić information content (AvgIpc) is 3.26. The first kappa shape index (κ1) is 19.3. The van der Waals surface area contributed by atoms with Gasteiger partial charge < -0.3 is 15.0 Å². The first-order valence-corrected chi connectivity index (χ1v) is 9.00. The van der Waals surface area contributed by atoms with E-state index in [9.17, 15) is 0 Å². The summed E-state index contributed by atoms with van der Waals surface area (Å²) in [4.78, 5) is 11.5. The number of ether oxygens (including phenoxy) is 1. The number of aliphatic imine (C=N–C) groups is 1. The van der Waals surface area contributed by atoms with Crippen molar-refractivity contribution < 1.29 is 4.74 Å². The fourth-order valence-electron chi connectivity index (χ4n) is 3.27. The van der Waals surface area contributed by atoms with E-state index >= 15 is 0 Å². The van der Waals surface area contributed by atoms with Crippen molar-refractivity contribution in [2.45, 2.75) is 58.1 Å². The van der Waals surface area contributed by atoms with Gasteiger partial charge in [-0.25, -0.2) is 9.98 Å². The molecule has 1 aliphatic carbocycles. The molecule has 2 fully saturated rings. The minimum absolute atomic E-state index is 0. The highest BCUT2D eigenvalue weighted by molar-refractivity contribution is 14.0. The molecule has 1 saturated heterocycles. The van der Waals surface area contributed by atoms with Gasteiger partial charge in [-0.3, -0.25) is 0 Å². The second kappa shape index (κ2) is 10.1. The molecule has 0 atom stereocenters. The third-order valence-electron chi connectivity index (χ3n) is 4.54. The summed E-state index contributed by atoms with van der Waals surface area (Å²) >= 11 is 0. The summed E-state index contributed by atoms with van der Waals surface area (Å²) in [5.41, 5.74) is 1.12. The second-order valence-corrected chi connectivity index (χ2v) is 6.39. The van der Waals surface area contributed by atoms with Gasteiger partial charge >= 0.3 is 0 Å². The third kappa shape index (κ3) is 5.50. The summed E-state index contributed by atoms with van der Waals surface area (Å²) < 4.78 is 5.91. The molecule has 1 aromatic rings. The molecule has 2 aliphatic rings. The quantitative estimate of drug-likeness (QED) is 0.429. The molecule has 134 valence electrons. The van der Waals surface area contributed by atoms with Crippen LogP contribution in [0.5, 0.6) is 5.88 Å². The fraction of sp³-hybridized carbons (Fsp3) is 0.667. The maximum Gasteiger partial charge on any atom is 0.213 e. The number of nitrogens with zero attached hydrogens (tertiary/aromatic N) is 3. The number of likely N-dealkylation sites (tertiary alicyclic amines) is 1. The molecule has 1 saturated carbocycles. The van der Waals surface area contributed by atoms with E-state index in [2.05, 4.69) is 28.2 Å². The van der Waals surface area contributed by atoms with Crippen LogP contribution in [-0.2, 0) is 6.54 Å². The van der Waals surface area contributed by atoms with Crippen LogP contribution in [0, 0.1) is 0 Å². The number of hydrogen-bond donors (Lipinski definition) is 1. The van der Waals surface area contributed by atoms with Crippen LogP contribution in [0.2, 0.25) is 0 Å². The molecule has 0 unspecified atom stereocenters. The highest BCUT2D eigenvalue weighted by Crippen LogP contribution is 2.22. The molecule has 24 heavy (non-hydrogen) atoms. The van der Waals surface area contributed by atoms with Crippen molar-refractivity contribution in [3.8, 4) is 5.88 Å². The summed E-state index contributed by atoms with van der Waals surface area (Å²) in [6, 6.07) is 4.06. The first-order chi connectivity index (χ1) is 11.3. The van der Waals surface area contributed by atoms with Crippen LogP contribution < -0.4 is 10.1 Å². The minimum atomic E-state index is 0. The van der Waals surface area contributed by atoms with Crippen LogP contribution in [0.3, 0.4) is 0 Å². The summed E-state index contributed by atoms with van der Waals surface area (Å²) in [5, 5.41) is 3.39. The van der Waals surface area contributed by atoms with E-state index in [0.29, 0.717) is 12.6 Å². The smallest absolute Gasteiger partial charge is 0.213 e. The molecule has 0 bridgehead atoms. The molecule has 0 amide bonds. The van der Waals surface area contributed by atoms with E-state index < -0.39 is 0 Å². The van der Waals surface area contributed by atoms with E-state index in [0.717, 1.165) is 49.9 Å². The largest absolute Gasteiger partial charge is 0.474 e. The van der Waals surface area contributed by atoms with Crippen LogP contribution in [-0.4, -0.2) is 41.6 Å². The molecular weight excluding hydrogens is 415 g/mol. The van der Waals surface area contributed by atoms with Crippen molar-refractivity contribution >= 4 is 29.9 Å². The molecule has 0 spiro atoms. The molecular formula is C18H29IN4O. The maximum absolute atomic E-state index is 5.91. The molecule has 6 heteroatoms. The van der Waals surface area contributed by atoms with Gasteiger partial charge in [-0.1, -0.05) is 6.07 Å². The molecule has 5 nitrogen and oxygen atoms in total. The summed E-state index contributed by atoms with van der Waals surface area (Å²) in [6.07, 6.45) is 9.66. The van der Waals surface area contributed by atoms with Crippen LogP contribution in [0.1, 0.15) is 51.0 Å². The number of guanidine groups is 1. The average molecular weight is 444 g/mol. The SMILES string of the molecule is CCNC(=NCc1ccc(OC2CCCC2)nc1)N1CCCC1.I. The van der Waals surface area contributed by atoms with Crippen molar-refractivity contribution in [3.05, 3.63) is 23.9 Å². The monoisotopic (exact) mass is 444 g/mol. The van der Waals surface area contributed by atoms with Gasteiger partial charge in [-0.15, -0.1) is 24.0 Å².